The summed E-state index contributed by atoms with van der Waals surface area (Å²) in [6, 6.07) is 0. The summed E-state index contributed by atoms with van der Waals surface area (Å²) in [7, 11) is 0. The first-order valence-corrected chi connectivity index (χ1v) is 9.25. The van der Waals surface area contributed by atoms with Gasteiger partial charge in [-0.05, 0) is 6.92 Å². The molecule has 0 radical (unpaired) electrons. The maximum absolute atomic E-state index is 12.4. The zero-order valence-electron chi connectivity index (χ0n) is 14.4. The van der Waals surface area contributed by atoms with E-state index >= 15 is 0 Å². The van der Waals surface area contributed by atoms with Crippen LogP contribution in [0, 0.1) is 6.92 Å². The molecule has 2 aromatic rings. The van der Waals surface area contributed by atoms with Gasteiger partial charge in [-0.25, -0.2) is 4.98 Å². The predicted octanol–water partition coefficient (Wildman–Crippen LogP) is 1.28. The molecule has 3 heterocycles. The molecule has 0 unspecified atom stereocenters. The number of aryl methyl sites for hydroxylation is 1. The van der Waals surface area contributed by atoms with Crippen molar-refractivity contribution < 1.29 is 4.79 Å². The molecule has 0 saturated carbocycles. The molecule has 0 aromatic carbocycles. The van der Waals surface area contributed by atoms with Crippen molar-refractivity contribution in [3.63, 3.8) is 0 Å². The number of hydrogen-bond acceptors (Lipinski definition) is 6. The molecule has 7 nitrogen and oxygen atoms in total. The largest absolute Gasteiger partial charge is 0.351 e. The van der Waals surface area contributed by atoms with Crippen LogP contribution in [0.15, 0.2) is 0 Å². The molecule has 1 aliphatic heterocycles. The Bertz CT molecular complexity index is 720. The average molecular weight is 348 g/mol. The maximum atomic E-state index is 12.4. The third-order valence-corrected chi connectivity index (χ3v) is 5.55. The Morgan fingerprint density at radius 1 is 1.38 bits per heavy atom. The van der Waals surface area contributed by atoms with Crippen LogP contribution in [0.3, 0.4) is 0 Å². The molecule has 1 aliphatic rings. The van der Waals surface area contributed by atoms with Crippen molar-refractivity contribution in [2.45, 2.75) is 46.1 Å². The summed E-state index contributed by atoms with van der Waals surface area (Å²) in [6.45, 7) is 9.39. The van der Waals surface area contributed by atoms with Gasteiger partial charge in [0.1, 0.15) is 16.5 Å². The van der Waals surface area contributed by atoms with Crippen LogP contribution in [-0.4, -0.2) is 45.3 Å². The standard InChI is InChI=1S/C16H24N6OS/c1-10(2)16-19-11(3)14(24-16)15(23)18-7-5-13-21-20-12-4-6-17-8-9-22(12)13/h10,17H,4-9H2,1-3H3,(H,18,23). The second-order valence-corrected chi connectivity index (χ2v) is 7.34. The molecule has 0 bridgehead atoms. The number of nitrogens with one attached hydrogen (secondary N) is 2. The van der Waals surface area contributed by atoms with Gasteiger partial charge in [0.15, 0.2) is 0 Å². The van der Waals surface area contributed by atoms with E-state index in [1.807, 2.05) is 6.92 Å². The highest BCUT2D eigenvalue weighted by Gasteiger charge is 2.18. The predicted molar refractivity (Wildman–Crippen MR) is 93.6 cm³/mol. The van der Waals surface area contributed by atoms with E-state index in [1.54, 1.807) is 0 Å². The zero-order valence-corrected chi connectivity index (χ0v) is 15.2. The first kappa shape index (κ1) is 17.0. The summed E-state index contributed by atoms with van der Waals surface area (Å²) in [5, 5.41) is 15.9. The van der Waals surface area contributed by atoms with Crippen molar-refractivity contribution in [3.8, 4) is 0 Å². The van der Waals surface area contributed by atoms with Gasteiger partial charge in [0, 0.05) is 44.9 Å². The molecule has 130 valence electrons. The SMILES string of the molecule is Cc1nc(C(C)C)sc1C(=O)NCCc1nnc2n1CCNCC2. The first-order chi connectivity index (χ1) is 11.6. The van der Waals surface area contributed by atoms with Crippen LogP contribution in [0.1, 0.15) is 51.8 Å². The number of carbonyl (C=O) groups excluding carboxylic acids is 1. The molecule has 2 aromatic heterocycles. The highest BCUT2D eigenvalue weighted by atomic mass is 32.1. The fourth-order valence-electron chi connectivity index (χ4n) is 2.76. The van der Waals surface area contributed by atoms with Crippen LogP contribution < -0.4 is 10.6 Å². The molecule has 0 fully saturated rings. The fraction of sp³-hybridized carbons (Fsp3) is 0.625. The first-order valence-electron chi connectivity index (χ1n) is 8.43. The van der Waals surface area contributed by atoms with Crippen LogP contribution in [0.4, 0.5) is 0 Å². The van der Waals surface area contributed by atoms with Crippen molar-refractivity contribution in [3.05, 3.63) is 27.2 Å². The molecule has 8 heteroatoms. The molecule has 0 spiro atoms. The summed E-state index contributed by atoms with van der Waals surface area (Å²) in [6.07, 6.45) is 1.59. The fourth-order valence-corrected chi connectivity index (χ4v) is 3.75. The minimum Gasteiger partial charge on any atom is -0.351 e. The molecule has 3 rings (SSSR count). The van der Waals surface area contributed by atoms with Crippen molar-refractivity contribution in [1.29, 1.82) is 0 Å². The minimum atomic E-state index is -0.0471. The molecule has 1 amide bonds. The second kappa shape index (κ2) is 7.40. The van der Waals surface area contributed by atoms with Crippen molar-refractivity contribution in [1.82, 2.24) is 30.4 Å². The third-order valence-electron chi connectivity index (χ3n) is 4.09. The summed E-state index contributed by atoms with van der Waals surface area (Å²) in [5.41, 5.74) is 0.809. The molecule has 0 saturated heterocycles. The third kappa shape index (κ3) is 3.64. The quantitative estimate of drug-likeness (QED) is 0.850. The van der Waals surface area contributed by atoms with Gasteiger partial charge in [-0.15, -0.1) is 21.5 Å². The van der Waals surface area contributed by atoms with E-state index < -0.39 is 0 Å². The summed E-state index contributed by atoms with van der Waals surface area (Å²) in [5.74, 6) is 2.27. The molecular weight excluding hydrogens is 324 g/mol. The van der Waals surface area contributed by atoms with E-state index in [9.17, 15) is 4.79 Å². The van der Waals surface area contributed by atoms with Crippen molar-refractivity contribution in [2.24, 2.45) is 0 Å². The monoisotopic (exact) mass is 348 g/mol. The summed E-state index contributed by atoms with van der Waals surface area (Å²) < 4.78 is 2.17. The number of thiazole rings is 1. The molecular formula is C16H24N6OS. The summed E-state index contributed by atoms with van der Waals surface area (Å²) in [4.78, 5) is 17.6. The van der Waals surface area contributed by atoms with Crippen LogP contribution in [-0.2, 0) is 19.4 Å². The van der Waals surface area contributed by atoms with E-state index in [0.29, 0.717) is 23.8 Å². The normalized spacial score (nSPS) is 14.5. The Kier molecular flexibility index (Phi) is 5.25. The summed E-state index contributed by atoms with van der Waals surface area (Å²) >= 11 is 1.48. The Hall–Kier alpha value is -1.80. The van der Waals surface area contributed by atoms with E-state index in [0.717, 1.165) is 48.4 Å². The van der Waals surface area contributed by atoms with Crippen LogP contribution in [0.2, 0.25) is 0 Å². The van der Waals surface area contributed by atoms with Gasteiger partial charge in [0.25, 0.3) is 5.91 Å². The maximum Gasteiger partial charge on any atom is 0.263 e. The van der Waals surface area contributed by atoms with E-state index in [2.05, 4.69) is 44.2 Å². The Morgan fingerprint density at radius 3 is 2.96 bits per heavy atom. The lowest BCUT2D eigenvalue weighted by atomic mass is 10.2. The second-order valence-electron chi connectivity index (χ2n) is 6.31. The number of nitrogens with zero attached hydrogens (tertiary/aromatic N) is 4. The lowest BCUT2D eigenvalue weighted by Crippen LogP contribution is -2.26. The van der Waals surface area contributed by atoms with Gasteiger partial charge in [0.05, 0.1) is 10.7 Å². The molecule has 0 aliphatic carbocycles. The van der Waals surface area contributed by atoms with Gasteiger partial charge in [-0.2, -0.15) is 0 Å². The van der Waals surface area contributed by atoms with Gasteiger partial charge in [-0.1, -0.05) is 13.8 Å². The Labute approximate surface area is 145 Å². The van der Waals surface area contributed by atoms with Crippen LogP contribution in [0.25, 0.3) is 0 Å². The lowest BCUT2D eigenvalue weighted by Gasteiger charge is -2.07. The molecule has 0 atom stereocenters. The number of amides is 1. The van der Waals surface area contributed by atoms with E-state index in [-0.39, 0.29) is 5.91 Å². The highest BCUT2D eigenvalue weighted by molar-refractivity contribution is 7.13. The van der Waals surface area contributed by atoms with Crippen LogP contribution >= 0.6 is 11.3 Å². The number of aromatic nitrogens is 4. The zero-order chi connectivity index (χ0) is 17.1. The number of rotatable bonds is 5. The number of fused-ring (bicyclic) bond motifs is 1. The van der Waals surface area contributed by atoms with Gasteiger partial charge >= 0.3 is 0 Å². The van der Waals surface area contributed by atoms with Gasteiger partial charge in [-0.3, -0.25) is 4.79 Å². The lowest BCUT2D eigenvalue weighted by molar-refractivity contribution is 0.0957. The molecule has 2 N–H and O–H groups in total. The average Bonchev–Trinajstić information content (AvgIpc) is 3.03. The molecule has 24 heavy (non-hydrogen) atoms. The Morgan fingerprint density at radius 2 is 2.21 bits per heavy atom. The van der Waals surface area contributed by atoms with E-state index in [4.69, 9.17) is 0 Å². The Balaban J connectivity index is 1.59. The van der Waals surface area contributed by atoms with Crippen molar-refractivity contribution in [2.75, 3.05) is 19.6 Å². The minimum absolute atomic E-state index is 0.0471. The highest BCUT2D eigenvalue weighted by Crippen LogP contribution is 2.24. The van der Waals surface area contributed by atoms with Gasteiger partial charge < -0.3 is 15.2 Å². The van der Waals surface area contributed by atoms with Crippen LogP contribution in [0.5, 0.6) is 0 Å². The van der Waals surface area contributed by atoms with Crippen molar-refractivity contribution >= 4 is 17.2 Å². The van der Waals surface area contributed by atoms with E-state index in [1.165, 1.54) is 11.3 Å². The van der Waals surface area contributed by atoms with Gasteiger partial charge in [0.2, 0.25) is 0 Å². The smallest absolute Gasteiger partial charge is 0.263 e. The topological polar surface area (TPSA) is 84.7 Å². The number of hydrogen-bond donors (Lipinski definition) is 2. The number of carbonyl (C=O) groups is 1.